The fourth-order valence-corrected chi connectivity index (χ4v) is 2.24. The van der Waals surface area contributed by atoms with Crippen molar-refractivity contribution in [1.82, 2.24) is 0 Å². The zero-order valence-electron chi connectivity index (χ0n) is 12.9. The molecule has 3 heteroatoms. The zero-order chi connectivity index (χ0) is 16.8. The number of anilines is 1. The van der Waals surface area contributed by atoms with Gasteiger partial charge in [0.25, 0.3) is 5.91 Å². The fraction of sp³-hybridized carbons (Fsp3) is 0. The first-order valence-electron chi connectivity index (χ1n) is 7.46. The van der Waals surface area contributed by atoms with Gasteiger partial charge in [-0.2, -0.15) is 0 Å². The Morgan fingerprint density at radius 2 is 1.67 bits per heavy atom. The van der Waals surface area contributed by atoms with Gasteiger partial charge >= 0.3 is 0 Å². The summed E-state index contributed by atoms with van der Waals surface area (Å²) in [4.78, 5) is 12.6. The van der Waals surface area contributed by atoms with Crippen LogP contribution in [-0.2, 0) is 0 Å². The van der Waals surface area contributed by atoms with Crippen molar-refractivity contribution >= 4 is 11.6 Å². The van der Waals surface area contributed by atoms with Crippen LogP contribution in [0.5, 0.6) is 11.5 Å². The second-order valence-electron chi connectivity index (χ2n) is 5.09. The van der Waals surface area contributed by atoms with Gasteiger partial charge in [0.05, 0.1) is 5.56 Å². The summed E-state index contributed by atoms with van der Waals surface area (Å²) in [5.41, 5.74) is 1.80. The second kappa shape index (κ2) is 7.17. The molecule has 1 N–H and O–H groups in total. The van der Waals surface area contributed by atoms with Gasteiger partial charge in [0.15, 0.2) is 0 Å². The quantitative estimate of drug-likeness (QED) is 0.708. The molecule has 0 aromatic heterocycles. The highest BCUT2D eigenvalue weighted by atomic mass is 16.5. The third-order valence-corrected chi connectivity index (χ3v) is 3.39. The molecular formula is C21H15NO2. The van der Waals surface area contributed by atoms with Gasteiger partial charge in [0.2, 0.25) is 0 Å². The normalized spacial score (nSPS) is 9.79. The number of amides is 1. The first-order chi connectivity index (χ1) is 11.8. The number of terminal acetylenes is 1. The summed E-state index contributed by atoms with van der Waals surface area (Å²) in [7, 11) is 0. The van der Waals surface area contributed by atoms with Crippen molar-refractivity contribution in [3.05, 3.63) is 90.0 Å². The van der Waals surface area contributed by atoms with Gasteiger partial charge in [-0.05, 0) is 42.5 Å². The van der Waals surface area contributed by atoms with Crippen molar-refractivity contribution in [3.63, 3.8) is 0 Å². The first kappa shape index (κ1) is 15.4. The Kier molecular flexibility index (Phi) is 4.60. The maximum absolute atomic E-state index is 12.6. The smallest absolute Gasteiger partial charge is 0.259 e. The Hall–Kier alpha value is -3.51. The van der Waals surface area contributed by atoms with Gasteiger partial charge < -0.3 is 10.1 Å². The second-order valence-corrected chi connectivity index (χ2v) is 5.09. The number of hydrogen-bond donors (Lipinski definition) is 1. The van der Waals surface area contributed by atoms with Crippen LogP contribution in [0.3, 0.4) is 0 Å². The summed E-state index contributed by atoms with van der Waals surface area (Å²) in [6, 6.07) is 23.6. The lowest BCUT2D eigenvalue weighted by Crippen LogP contribution is -2.13. The van der Waals surface area contributed by atoms with E-state index in [1.54, 1.807) is 36.4 Å². The average molecular weight is 313 g/mol. The van der Waals surface area contributed by atoms with Gasteiger partial charge in [0.1, 0.15) is 11.5 Å². The Labute approximate surface area is 140 Å². The lowest BCUT2D eigenvalue weighted by Gasteiger charge is -2.11. The molecule has 0 aliphatic carbocycles. The van der Waals surface area contributed by atoms with E-state index < -0.39 is 0 Å². The van der Waals surface area contributed by atoms with Crippen LogP contribution in [0.25, 0.3) is 0 Å². The van der Waals surface area contributed by atoms with Crippen LogP contribution in [0, 0.1) is 12.3 Å². The lowest BCUT2D eigenvalue weighted by molar-refractivity contribution is 0.102. The molecular weight excluding hydrogens is 298 g/mol. The molecule has 0 bridgehead atoms. The van der Waals surface area contributed by atoms with E-state index in [1.807, 2.05) is 42.5 Å². The number of para-hydroxylation sites is 2. The molecule has 0 fully saturated rings. The minimum Gasteiger partial charge on any atom is -0.457 e. The number of carbonyl (C=O) groups excluding carboxylic acids is 1. The molecule has 3 aromatic rings. The van der Waals surface area contributed by atoms with E-state index in [1.165, 1.54) is 0 Å². The molecule has 0 aliphatic rings. The lowest BCUT2D eigenvalue weighted by atomic mass is 10.1. The van der Waals surface area contributed by atoms with Gasteiger partial charge in [0, 0.05) is 11.3 Å². The summed E-state index contributed by atoms with van der Waals surface area (Å²) in [6.07, 6.45) is 5.39. The Morgan fingerprint density at radius 1 is 0.917 bits per heavy atom. The minimum atomic E-state index is -0.254. The van der Waals surface area contributed by atoms with Crippen molar-refractivity contribution < 1.29 is 9.53 Å². The summed E-state index contributed by atoms with van der Waals surface area (Å²) in [6.45, 7) is 0. The maximum atomic E-state index is 12.6. The van der Waals surface area contributed by atoms with Crippen LogP contribution in [0.4, 0.5) is 5.69 Å². The van der Waals surface area contributed by atoms with Gasteiger partial charge in [-0.3, -0.25) is 4.79 Å². The summed E-state index contributed by atoms with van der Waals surface area (Å²) >= 11 is 0. The molecule has 0 radical (unpaired) electrons. The van der Waals surface area contributed by atoms with Crippen LogP contribution in [0.15, 0.2) is 78.9 Å². The number of nitrogens with one attached hydrogen (secondary N) is 1. The van der Waals surface area contributed by atoms with Crippen LogP contribution in [0.2, 0.25) is 0 Å². The molecule has 116 valence electrons. The molecule has 0 spiro atoms. The van der Waals surface area contributed by atoms with Crippen LogP contribution in [0.1, 0.15) is 15.9 Å². The molecule has 0 saturated heterocycles. The van der Waals surface area contributed by atoms with Crippen LogP contribution >= 0.6 is 0 Å². The van der Waals surface area contributed by atoms with Crippen LogP contribution < -0.4 is 10.1 Å². The van der Waals surface area contributed by atoms with Gasteiger partial charge in [-0.1, -0.05) is 42.3 Å². The van der Waals surface area contributed by atoms with E-state index in [0.717, 1.165) is 0 Å². The van der Waals surface area contributed by atoms with Crippen molar-refractivity contribution in [3.8, 4) is 23.8 Å². The van der Waals surface area contributed by atoms with E-state index in [2.05, 4.69) is 11.2 Å². The monoisotopic (exact) mass is 313 g/mol. The predicted octanol–water partition coefficient (Wildman–Crippen LogP) is 4.71. The highest BCUT2D eigenvalue weighted by Crippen LogP contribution is 2.25. The molecule has 0 unspecified atom stereocenters. The molecule has 24 heavy (non-hydrogen) atoms. The Bertz CT molecular complexity index is 895. The van der Waals surface area contributed by atoms with E-state index in [0.29, 0.717) is 28.3 Å². The maximum Gasteiger partial charge on any atom is 0.259 e. The van der Waals surface area contributed by atoms with E-state index in [9.17, 15) is 4.79 Å². The molecule has 3 nitrogen and oxygen atoms in total. The van der Waals surface area contributed by atoms with E-state index in [4.69, 9.17) is 11.2 Å². The molecule has 0 aliphatic heterocycles. The van der Waals surface area contributed by atoms with Gasteiger partial charge in [-0.25, -0.2) is 0 Å². The molecule has 0 saturated carbocycles. The average Bonchev–Trinajstić information content (AvgIpc) is 2.63. The topological polar surface area (TPSA) is 38.3 Å². The van der Waals surface area contributed by atoms with Crippen molar-refractivity contribution in [2.75, 3.05) is 5.32 Å². The molecule has 1 amide bonds. The number of benzene rings is 3. The largest absolute Gasteiger partial charge is 0.457 e. The first-order valence-corrected chi connectivity index (χ1v) is 7.46. The highest BCUT2D eigenvalue weighted by Gasteiger charge is 2.13. The van der Waals surface area contributed by atoms with Gasteiger partial charge in [-0.15, -0.1) is 6.42 Å². The number of hydrogen-bond acceptors (Lipinski definition) is 2. The molecule has 3 rings (SSSR count). The van der Waals surface area contributed by atoms with E-state index in [-0.39, 0.29) is 5.91 Å². The highest BCUT2D eigenvalue weighted by molar-refractivity contribution is 6.06. The van der Waals surface area contributed by atoms with Crippen molar-refractivity contribution in [1.29, 1.82) is 0 Å². The third-order valence-electron chi connectivity index (χ3n) is 3.39. The minimum absolute atomic E-state index is 0.254. The molecule has 0 heterocycles. The summed E-state index contributed by atoms with van der Waals surface area (Å²) < 4.78 is 5.82. The number of rotatable bonds is 4. The van der Waals surface area contributed by atoms with Crippen molar-refractivity contribution in [2.24, 2.45) is 0 Å². The fourth-order valence-electron chi connectivity index (χ4n) is 2.24. The summed E-state index contributed by atoms with van der Waals surface area (Å²) in [5, 5.41) is 2.84. The Balaban J connectivity index is 1.83. The zero-order valence-corrected chi connectivity index (χ0v) is 12.9. The predicted molar refractivity (Wildman–Crippen MR) is 95.3 cm³/mol. The van der Waals surface area contributed by atoms with E-state index >= 15 is 0 Å². The number of ether oxygens (including phenoxy) is 1. The third kappa shape index (κ3) is 3.63. The SMILES string of the molecule is C#Cc1cccc(NC(=O)c2ccccc2Oc2ccccc2)c1. The van der Waals surface area contributed by atoms with Crippen LogP contribution in [-0.4, -0.2) is 5.91 Å². The standard InChI is InChI=1S/C21H15NO2/c1-2-16-9-8-10-17(15-16)22-21(23)19-13-6-7-14-20(19)24-18-11-4-3-5-12-18/h1,3-15H,(H,22,23). The van der Waals surface area contributed by atoms with Crippen molar-refractivity contribution in [2.45, 2.75) is 0 Å². The molecule has 3 aromatic carbocycles. The number of carbonyl (C=O) groups is 1. The summed E-state index contributed by atoms with van der Waals surface area (Å²) in [5.74, 6) is 3.46. The Morgan fingerprint density at radius 3 is 2.46 bits per heavy atom. The molecule has 0 atom stereocenters.